The van der Waals surface area contributed by atoms with Crippen molar-refractivity contribution in [1.29, 1.82) is 0 Å². The summed E-state index contributed by atoms with van der Waals surface area (Å²) in [6, 6.07) is 13.2. The SMILES string of the molecule is COc1ccc(-c2nnc(CS(=O)(=O)c3ccccc3)o2)cc1OC. The van der Waals surface area contributed by atoms with Crippen molar-refractivity contribution in [1.82, 2.24) is 10.2 Å². The van der Waals surface area contributed by atoms with E-state index >= 15 is 0 Å². The minimum Gasteiger partial charge on any atom is -0.493 e. The third-order valence-corrected chi connectivity index (χ3v) is 5.13. The highest BCUT2D eigenvalue weighted by molar-refractivity contribution is 7.90. The Kier molecular flexibility index (Phi) is 4.71. The maximum absolute atomic E-state index is 12.4. The molecule has 0 N–H and O–H groups in total. The van der Waals surface area contributed by atoms with Gasteiger partial charge in [-0.2, -0.15) is 0 Å². The van der Waals surface area contributed by atoms with Crippen LogP contribution in [-0.4, -0.2) is 32.8 Å². The molecule has 0 radical (unpaired) electrons. The Morgan fingerprint density at radius 2 is 1.68 bits per heavy atom. The molecule has 1 aromatic heterocycles. The van der Waals surface area contributed by atoms with Crippen molar-refractivity contribution in [3.05, 3.63) is 54.4 Å². The molecule has 2 aromatic carbocycles. The normalized spacial score (nSPS) is 11.3. The van der Waals surface area contributed by atoms with Crippen LogP contribution in [0.4, 0.5) is 0 Å². The van der Waals surface area contributed by atoms with Crippen molar-refractivity contribution in [2.75, 3.05) is 14.2 Å². The molecule has 0 saturated heterocycles. The zero-order valence-corrected chi connectivity index (χ0v) is 14.5. The molecule has 1 heterocycles. The molecule has 3 rings (SSSR count). The fourth-order valence-corrected chi connectivity index (χ4v) is 3.45. The van der Waals surface area contributed by atoms with E-state index in [0.717, 1.165) is 0 Å². The van der Waals surface area contributed by atoms with Gasteiger partial charge < -0.3 is 13.9 Å². The number of benzene rings is 2. The van der Waals surface area contributed by atoms with E-state index in [4.69, 9.17) is 13.9 Å². The van der Waals surface area contributed by atoms with E-state index in [-0.39, 0.29) is 22.4 Å². The molecule has 7 nitrogen and oxygen atoms in total. The van der Waals surface area contributed by atoms with Crippen LogP contribution in [0.3, 0.4) is 0 Å². The van der Waals surface area contributed by atoms with Gasteiger partial charge >= 0.3 is 0 Å². The average Bonchev–Trinajstić information content (AvgIpc) is 3.09. The first-order valence-electron chi connectivity index (χ1n) is 7.36. The molecule has 0 aliphatic carbocycles. The largest absolute Gasteiger partial charge is 0.493 e. The lowest BCUT2D eigenvalue weighted by molar-refractivity contribution is 0.355. The van der Waals surface area contributed by atoms with E-state index in [9.17, 15) is 8.42 Å². The third-order valence-electron chi connectivity index (χ3n) is 3.51. The standard InChI is InChI=1S/C17H16N2O5S/c1-22-14-9-8-12(10-15(14)23-2)17-19-18-16(24-17)11-25(20,21)13-6-4-3-5-7-13/h3-10H,11H2,1-2H3. The lowest BCUT2D eigenvalue weighted by atomic mass is 10.2. The summed E-state index contributed by atoms with van der Waals surface area (Å²) in [6.07, 6.45) is 0. The Labute approximate surface area is 145 Å². The van der Waals surface area contributed by atoms with Gasteiger partial charge in [-0.3, -0.25) is 0 Å². The van der Waals surface area contributed by atoms with Crippen LogP contribution in [0.1, 0.15) is 5.89 Å². The van der Waals surface area contributed by atoms with E-state index < -0.39 is 9.84 Å². The summed E-state index contributed by atoms with van der Waals surface area (Å²) >= 11 is 0. The molecule has 0 amide bonds. The Bertz CT molecular complexity index is 968. The number of rotatable bonds is 6. The quantitative estimate of drug-likeness (QED) is 0.667. The molecule has 0 spiro atoms. The summed E-state index contributed by atoms with van der Waals surface area (Å²) in [5, 5.41) is 7.75. The molecule has 0 atom stereocenters. The van der Waals surface area contributed by atoms with Gasteiger partial charge in [0.1, 0.15) is 5.75 Å². The van der Waals surface area contributed by atoms with Crippen LogP contribution in [0.5, 0.6) is 11.5 Å². The Hall–Kier alpha value is -2.87. The molecule has 0 fully saturated rings. The minimum absolute atomic E-state index is 0.0219. The van der Waals surface area contributed by atoms with Crippen LogP contribution in [0.15, 0.2) is 57.8 Å². The van der Waals surface area contributed by atoms with Crippen molar-refractivity contribution in [2.24, 2.45) is 0 Å². The minimum atomic E-state index is -3.55. The first kappa shape index (κ1) is 17.0. The van der Waals surface area contributed by atoms with E-state index in [1.165, 1.54) is 26.4 Å². The van der Waals surface area contributed by atoms with Gasteiger partial charge in [-0.25, -0.2) is 8.42 Å². The van der Waals surface area contributed by atoms with Crippen molar-refractivity contribution in [3.8, 4) is 23.0 Å². The molecule has 0 aliphatic rings. The summed E-state index contributed by atoms with van der Waals surface area (Å²) in [4.78, 5) is 0.209. The summed E-state index contributed by atoms with van der Waals surface area (Å²) in [7, 11) is -0.487. The highest BCUT2D eigenvalue weighted by atomic mass is 32.2. The van der Waals surface area contributed by atoms with Gasteiger partial charge in [-0.05, 0) is 30.3 Å². The maximum atomic E-state index is 12.4. The number of ether oxygens (including phenoxy) is 2. The van der Waals surface area contributed by atoms with E-state index in [1.807, 2.05) is 0 Å². The molecule has 0 aliphatic heterocycles. The second-order valence-electron chi connectivity index (χ2n) is 5.14. The summed E-state index contributed by atoms with van der Waals surface area (Å²) < 4.78 is 40.6. The molecular formula is C17H16N2O5S. The monoisotopic (exact) mass is 360 g/mol. The molecule has 0 unspecified atom stereocenters. The van der Waals surface area contributed by atoms with E-state index in [0.29, 0.717) is 17.1 Å². The van der Waals surface area contributed by atoms with Gasteiger partial charge in [0.25, 0.3) is 0 Å². The maximum Gasteiger partial charge on any atom is 0.247 e. The highest BCUT2D eigenvalue weighted by Gasteiger charge is 2.20. The van der Waals surface area contributed by atoms with E-state index in [1.54, 1.807) is 36.4 Å². The fraction of sp³-hybridized carbons (Fsp3) is 0.176. The zero-order valence-electron chi connectivity index (χ0n) is 13.7. The van der Waals surface area contributed by atoms with Crippen molar-refractivity contribution >= 4 is 9.84 Å². The van der Waals surface area contributed by atoms with Crippen LogP contribution < -0.4 is 9.47 Å². The summed E-state index contributed by atoms with van der Waals surface area (Å²) in [6.45, 7) is 0. The third kappa shape index (κ3) is 3.63. The van der Waals surface area contributed by atoms with Crippen LogP contribution >= 0.6 is 0 Å². The molecular weight excluding hydrogens is 344 g/mol. The second-order valence-corrected chi connectivity index (χ2v) is 7.13. The molecule has 0 bridgehead atoms. The van der Waals surface area contributed by atoms with Gasteiger partial charge in [0.15, 0.2) is 21.3 Å². The van der Waals surface area contributed by atoms with Crippen LogP contribution in [0, 0.1) is 0 Å². The molecule has 3 aromatic rings. The van der Waals surface area contributed by atoms with Gasteiger partial charge in [0.2, 0.25) is 11.8 Å². The van der Waals surface area contributed by atoms with Gasteiger partial charge in [-0.15, -0.1) is 10.2 Å². The van der Waals surface area contributed by atoms with Crippen molar-refractivity contribution in [2.45, 2.75) is 10.6 Å². The molecule has 130 valence electrons. The zero-order chi connectivity index (χ0) is 17.9. The smallest absolute Gasteiger partial charge is 0.247 e. The molecule has 25 heavy (non-hydrogen) atoms. The lowest BCUT2D eigenvalue weighted by Crippen LogP contribution is -2.04. The Morgan fingerprint density at radius 1 is 0.960 bits per heavy atom. The number of sulfone groups is 1. The fourth-order valence-electron chi connectivity index (χ4n) is 2.27. The Balaban J connectivity index is 1.86. The predicted molar refractivity (Wildman–Crippen MR) is 90.2 cm³/mol. The van der Waals surface area contributed by atoms with Crippen LogP contribution in [-0.2, 0) is 15.6 Å². The highest BCUT2D eigenvalue weighted by Crippen LogP contribution is 2.32. The first-order chi connectivity index (χ1) is 12.0. The van der Waals surface area contributed by atoms with Crippen LogP contribution in [0.25, 0.3) is 11.5 Å². The first-order valence-corrected chi connectivity index (χ1v) is 9.01. The summed E-state index contributed by atoms with van der Waals surface area (Å²) in [5.41, 5.74) is 0.605. The van der Waals surface area contributed by atoms with E-state index in [2.05, 4.69) is 10.2 Å². The number of hydrogen-bond donors (Lipinski definition) is 0. The predicted octanol–water partition coefficient (Wildman–Crippen LogP) is 2.73. The Morgan fingerprint density at radius 3 is 2.36 bits per heavy atom. The van der Waals surface area contributed by atoms with Gasteiger partial charge in [0.05, 0.1) is 19.1 Å². The lowest BCUT2D eigenvalue weighted by Gasteiger charge is -2.07. The number of hydrogen-bond acceptors (Lipinski definition) is 7. The van der Waals surface area contributed by atoms with Crippen molar-refractivity contribution in [3.63, 3.8) is 0 Å². The summed E-state index contributed by atoms with van der Waals surface area (Å²) in [5.74, 6) is 0.944. The topological polar surface area (TPSA) is 91.5 Å². The number of nitrogens with zero attached hydrogens (tertiary/aromatic N) is 2. The number of aromatic nitrogens is 2. The average molecular weight is 360 g/mol. The van der Waals surface area contributed by atoms with Crippen LogP contribution in [0.2, 0.25) is 0 Å². The second kappa shape index (κ2) is 6.94. The van der Waals surface area contributed by atoms with Gasteiger partial charge in [0, 0.05) is 5.56 Å². The molecule has 8 heteroatoms. The van der Waals surface area contributed by atoms with Crippen molar-refractivity contribution < 1.29 is 22.3 Å². The number of methoxy groups -OCH3 is 2. The molecule has 0 saturated carbocycles. The van der Waals surface area contributed by atoms with Gasteiger partial charge in [-0.1, -0.05) is 18.2 Å².